The van der Waals surface area contributed by atoms with E-state index in [0.29, 0.717) is 12.3 Å². The predicted octanol–water partition coefficient (Wildman–Crippen LogP) is 3.89. The van der Waals surface area contributed by atoms with Gasteiger partial charge in [-0.3, -0.25) is 9.59 Å². The summed E-state index contributed by atoms with van der Waals surface area (Å²) in [6.07, 6.45) is 2.30. The Bertz CT molecular complexity index is 829. The van der Waals surface area contributed by atoms with Crippen molar-refractivity contribution in [3.05, 3.63) is 48.5 Å². The fraction of sp³-hybridized carbons (Fsp3) is 0.391. The molecule has 1 fully saturated rings. The van der Waals surface area contributed by atoms with Crippen molar-refractivity contribution in [2.24, 2.45) is 5.92 Å². The Balaban J connectivity index is 1.40. The molecule has 1 unspecified atom stereocenters. The molecule has 0 saturated carbocycles. The van der Waals surface area contributed by atoms with Crippen LogP contribution in [-0.2, 0) is 14.3 Å². The lowest BCUT2D eigenvalue weighted by Gasteiger charge is -2.12. The van der Waals surface area contributed by atoms with E-state index in [0.717, 1.165) is 36.6 Å². The first-order chi connectivity index (χ1) is 14.5. The zero-order chi connectivity index (χ0) is 21.3. The van der Waals surface area contributed by atoms with Crippen LogP contribution in [0.5, 0.6) is 5.75 Å². The van der Waals surface area contributed by atoms with Crippen LogP contribution in [0.2, 0.25) is 0 Å². The normalized spacial score (nSPS) is 15.6. The molecule has 0 aliphatic carbocycles. The number of hydrogen-bond donors (Lipinski definition) is 3. The molecule has 0 radical (unpaired) electrons. The molecule has 2 amide bonds. The number of ether oxygens (including phenoxy) is 2. The zero-order valence-corrected chi connectivity index (χ0v) is 17.4. The first kappa shape index (κ1) is 21.6. The first-order valence-electron chi connectivity index (χ1n) is 10.3. The summed E-state index contributed by atoms with van der Waals surface area (Å²) in [5.74, 6) is 0.498. The molecule has 1 aliphatic heterocycles. The van der Waals surface area contributed by atoms with E-state index in [2.05, 4.69) is 16.0 Å². The quantitative estimate of drug-likeness (QED) is 0.583. The molecule has 1 aliphatic rings. The minimum absolute atomic E-state index is 0.0293. The van der Waals surface area contributed by atoms with Crippen LogP contribution in [0.25, 0.3) is 0 Å². The number of anilines is 3. The van der Waals surface area contributed by atoms with Gasteiger partial charge in [0.1, 0.15) is 12.4 Å². The molecule has 0 bridgehead atoms. The van der Waals surface area contributed by atoms with Gasteiger partial charge < -0.3 is 25.4 Å². The van der Waals surface area contributed by atoms with Crippen LogP contribution in [-0.4, -0.2) is 37.7 Å². The second kappa shape index (κ2) is 10.6. The fourth-order valence-corrected chi connectivity index (χ4v) is 2.94. The highest BCUT2D eigenvalue weighted by atomic mass is 16.5. The largest absolute Gasteiger partial charge is 0.491 e. The third kappa shape index (κ3) is 6.77. The van der Waals surface area contributed by atoms with Crippen molar-refractivity contribution >= 4 is 28.9 Å². The third-order valence-corrected chi connectivity index (χ3v) is 4.73. The second-order valence-corrected chi connectivity index (χ2v) is 7.59. The van der Waals surface area contributed by atoms with Crippen LogP contribution in [0.1, 0.15) is 26.7 Å². The molecule has 3 N–H and O–H groups in total. The van der Waals surface area contributed by atoms with Gasteiger partial charge in [-0.2, -0.15) is 0 Å². The topological polar surface area (TPSA) is 88.7 Å². The highest BCUT2D eigenvalue weighted by Crippen LogP contribution is 2.19. The summed E-state index contributed by atoms with van der Waals surface area (Å²) in [5.41, 5.74) is 2.23. The van der Waals surface area contributed by atoms with Crippen molar-refractivity contribution in [3.63, 3.8) is 0 Å². The molecule has 2 aromatic carbocycles. The molecule has 30 heavy (non-hydrogen) atoms. The van der Waals surface area contributed by atoms with Gasteiger partial charge in [0.15, 0.2) is 0 Å². The number of amides is 2. The molecule has 1 atom stereocenters. The minimum atomic E-state index is -0.153. The molecular weight excluding hydrogens is 382 g/mol. The Labute approximate surface area is 177 Å². The van der Waals surface area contributed by atoms with Gasteiger partial charge in [0.2, 0.25) is 11.8 Å². The lowest BCUT2D eigenvalue weighted by atomic mass is 10.2. The molecule has 0 spiro atoms. The first-order valence-corrected chi connectivity index (χ1v) is 10.3. The van der Waals surface area contributed by atoms with Gasteiger partial charge in [-0.05, 0) is 61.4 Å². The molecule has 7 heteroatoms. The van der Waals surface area contributed by atoms with Crippen molar-refractivity contribution in [1.29, 1.82) is 0 Å². The van der Waals surface area contributed by atoms with Gasteiger partial charge in [0.25, 0.3) is 0 Å². The summed E-state index contributed by atoms with van der Waals surface area (Å²) in [6, 6.07) is 14.5. The smallest absolute Gasteiger partial charge is 0.243 e. The monoisotopic (exact) mass is 411 g/mol. The average Bonchev–Trinajstić information content (AvgIpc) is 3.26. The summed E-state index contributed by atoms with van der Waals surface area (Å²) in [7, 11) is 0. The molecule has 7 nitrogen and oxygen atoms in total. The second-order valence-electron chi connectivity index (χ2n) is 7.59. The molecule has 1 saturated heterocycles. The van der Waals surface area contributed by atoms with Crippen molar-refractivity contribution in [3.8, 4) is 5.75 Å². The van der Waals surface area contributed by atoms with Crippen molar-refractivity contribution in [1.82, 2.24) is 0 Å². The Hall–Kier alpha value is -3.06. The Kier molecular flexibility index (Phi) is 7.68. The summed E-state index contributed by atoms with van der Waals surface area (Å²) < 4.78 is 11.3. The highest BCUT2D eigenvalue weighted by Gasteiger charge is 2.16. The molecule has 160 valence electrons. The number of carbonyl (C=O) groups is 2. The molecule has 1 heterocycles. The van der Waals surface area contributed by atoms with E-state index in [-0.39, 0.29) is 30.4 Å². The third-order valence-electron chi connectivity index (χ3n) is 4.73. The zero-order valence-electron chi connectivity index (χ0n) is 17.4. The summed E-state index contributed by atoms with van der Waals surface area (Å²) in [5, 5.41) is 8.75. The predicted molar refractivity (Wildman–Crippen MR) is 118 cm³/mol. The minimum Gasteiger partial charge on any atom is -0.491 e. The fourth-order valence-electron chi connectivity index (χ4n) is 2.94. The van der Waals surface area contributed by atoms with E-state index >= 15 is 0 Å². The summed E-state index contributed by atoms with van der Waals surface area (Å²) >= 11 is 0. The van der Waals surface area contributed by atoms with Gasteiger partial charge in [-0.15, -0.1) is 0 Å². The van der Waals surface area contributed by atoms with Gasteiger partial charge in [0, 0.05) is 29.6 Å². The van der Waals surface area contributed by atoms with E-state index in [4.69, 9.17) is 9.47 Å². The lowest BCUT2D eigenvalue weighted by molar-refractivity contribution is -0.119. The van der Waals surface area contributed by atoms with Gasteiger partial charge in [0.05, 0.1) is 12.6 Å². The number of carbonyl (C=O) groups excluding carboxylic acids is 2. The van der Waals surface area contributed by atoms with E-state index in [9.17, 15) is 9.59 Å². The van der Waals surface area contributed by atoms with Crippen LogP contribution in [0, 0.1) is 5.92 Å². The maximum atomic E-state index is 12.2. The molecule has 2 aromatic rings. The molecule has 0 aromatic heterocycles. The van der Waals surface area contributed by atoms with Crippen LogP contribution in [0.15, 0.2) is 48.5 Å². The van der Waals surface area contributed by atoms with Crippen LogP contribution in [0.4, 0.5) is 17.1 Å². The van der Waals surface area contributed by atoms with Crippen molar-refractivity contribution in [2.75, 3.05) is 35.7 Å². The van der Waals surface area contributed by atoms with Crippen molar-refractivity contribution in [2.45, 2.75) is 32.8 Å². The maximum absolute atomic E-state index is 12.2. The highest BCUT2D eigenvalue weighted by molar-refractivity contribution is 5.94. The number of hydrogen-bond acceptors (Lipinski definition) is 5. The van der Waals surface area contributed by atoms with Crippen LogP contribution in [0.3, 0.4) is 0 Å². The SMILES string of the molecule is CC(C)C(=O)Nc1ccc(NCC(=O)Nc2ccc(OCC3CCCO3)cc2)cc1. The number of benzene rings is 2. The Morgan fingerprint density at radius 3 is 2.27 bits per heavy atom. The summed E-state index contributed by atoms with van der Waals surface area (Å²) in [6.45, 7) is 5.18. The van der Waals surface area contributed by atoms with Crippen LogP contribution >= 0.6 is 0 Å². The standard InChI is InChI=1S/C23H29N3O4/c1-16(2)23(28)26-19-7-5-17(6-8-19)24-14-22(27)25-18-9-11-20(12-10-18)30-15-21-4-3-13-29-21/h5-12,16,21,24H,3-4,13-15H2,1-2H3,(H,25,27)(H,26,28). The van der Waals surface area contributed by atoms with Crippen LogP contribution < -0.4 is 20.7 Å². The van der Waals surface area contributed by atoms with Gasteiger partial charge >= 0.3 is 0 Å². The number of rotatable bonds is 9. The van der Waals surface area contributed by atoms with Crippen molar-refractivity contribution < 1.29 is 19.1 Å². The van der Waals surface area contributed by atoms with Gasteiger partial charge in [-0.25, -0.2) is 0 Å². The lowest BCUT2D eigenvalue weighted by Crippen LogP contribution is -2.21. The van der Waals surface area contributed by atoms with E-state index in [1.165, 1.54) is 0 Å². The summed E-state index contributed by atoms with van der Waals surface area (Å²) in [4.78, 5) is 23.9. The molecular formula is C23H29N3O4. The van der Waals surface area contributed by atoms with E-state index in [1.54, 1.807) is 12.1 Å². The Morgan fingerprint density at radius 1 is 1.00 bits per heavy atom. The molecule has 3 rings (SSSR count). The Morgan fingerprint density at radius 2 is 1.63 bits per heavy atom. The maximum Gasteiger partial charge on any atom is 0.243 e. The van der Waals surface area contributed by atoms with E-state index in [1.807, 2.05) is 50.2 Å². The van der Waals surface area contributed by atoms with E-state index < -0.39 is 0 Å². The number of nitrogens with one attached hydrogen (secondary N) is 3. The average molecular weight is 412 g/mol. The van der Waals surface area contributed by atoms with Gasteiger partial charge in [-0.1, -0.05) is 13.8 Å².